The summed E-state index contributed by atoms with van der Waals surface area (Å²) in [5.74, 6) is -0.422. The molecule has 10 nitrogen and oxygen atoms in total. The Morgan fingerprint density at radius 1 is 1.12 bits per heavy atom. The van der Waals surface area contributed by atoms with E-state index in [1.54, 1.807) is 42.2 Å². The fraction of sp³-hybridized carbons (Fsp3) is 0.609. The smallest absolute Gasteiger partial charge is 0.257 e. The molecule has 1 N–H and O–H groups in total. The molecule has 10 heteroatoms. The molecule has 0 fully saturated rings. The van der Waals surface area contributed by atoms with Crippen molar-refractivity contribution < 1.29 is 33.3 Å². The van der Waals surface area contributed by atoms with Gasteiger partial charge in [0.1, 0.15) is 25.6 Å². The van der Waals surface area contributed by atoms with Crippen LogP contribution >= 0.6 is 0 Å². The van der Waals surface area contributed by atoms with Gasteiger partial charge in [-0.2, -0.15) is 0 Å². The number of fused-ring (bicyclic) bond motifs is 1. The number of benzene rings is 1. The highest BCUT2D eigenvalue weighted by atomic mass is 16.5. The van der Waals surface area contributed by atoms with Crippen LogP contribution in [-0.4, -0.2) is 101 Å². The van der Waals surface area contributed by atoms with Crippen LogP contribution < -0.4 is 10.1 Å². The standard InChI is InChI=1S/C23H35N3O7/c1-15-10-26(22(28)14-31-5)16(2)12-33-19-8-7-17(24-21(27)13-30-4)9-18(19)23(29)25(3)11-20(15)32-6/h7-9,15-16,20H,10-14H2,1-6H3,(H,24,27)/t15-,16-,20+/m1/s1. The van der Waals surface area contributed by atoms with Crippen LogP contribution in [0.2, 0.25) is 0 Å². The Balaban J connectivity index is 2.42. The third-order valence-electron chi connectivity index (χ3n) is 5.59. The number of amides is 3. The number of hydrogen-bond donors (Lipinski definition) is 1. The predicted octanol–water partition coefficient (Wildman–Crippen LogP) is 1.25. The summed E-state index contributed by atoms with van der Waals surface area (Å²) < 4.78 is 21.6. The van der Waals surface area contributed by atoms with Gasteiger partial charge >= 0.3 is 0 Å². The minimum absolute atomic E-state index is 0.0335. The van der Waals surface area contributed by atoms with Crippen molar-refractivity contribution in [2.45, 2.75) is 26.0 Å². The van der Waals surface area contributed by atoms with Crippen molar-refractivity contribution >= 4 is 23.4 Å². The first-order valence-electron chi connectivity index (χ1n) is 10.8. The van der Waals surface area contributed by atoms with E-state index in [0.29, 0.717) is 30.1 Å². The van der Waals surface area contributed by atoms with Gasteiger partial charge in [-0.1, -0.05) is 6.92 Å². The Bertz CT molecular complexity index is 832. The molecule has 3 amide bonds. The number of nitrogens with zero attached hydrogens (tertiary/aromatic N) is 2. The van der Waals surface area contributed by atoms with E-state index in [0.717, 1.165) is 0 Å². The highest BCUT2D eigenvalue weighted by molar-refractivity contribution is 5.99. The molecular weight excluding hydrogens is 430 g/mol. The van der Waals surface area contributed by atoms with Crippen LogP contribution in [0.1, 0.15) is 24.2 Å². The molecule has 0 unspecified atom stereocenters. The first-order chi connectivity index (χ1) is 15.7. The molecule has 0 spiro atoms. The zero-order valence-corrected chi connectivity index (χ0v) is 20.3. The van der Waals surface area contributed by atoms with Gasteiger partial charge in [-0.3, -0.25) is 14.4 Å². The summed E-state index contributed by atoms with van der Waals surface area (Å²) in [4.78, 5) is 41.2. The number of rotatable bonds is 6. The van der Waals surface area contributed by atoms with Crippen LogP contribution in [0, 0.1) is 5.92 Å². The molecule has 0 saturated carbocycles. The first kappa shape index (κ1) is 26.6. The Morgan fingerprint density at radius 2 is 1.82 bits per heavy atom. The largest absolute Gasteiger partial charge is 0.491 e. The van der Waals surface area contributed by atoms with Crippen LogP contribution in [-0.2, 0) is 23.8 Å². The Hall–Kier alpha value is -2.69. The lowest BCUT2D eigenvalue weighted by Gasteiger charge is -2.36. The van der Waals surface area contributed by atoms with Gasteiger partial charge in [0.2, 0.25) is 11.8 Å². The first-order valence-corrected chi connectivity index (χ1v) is 10.8. The van der Waals surface area contributed by atoms with Crippen molar-refractivity contribution in [1.29, 1.82) is 0 Å². The molecule has 0 radical (unpaired) electrons. The van der Waals surface area contributed by atoms with Gasteiger partial charge in [0.15, 0.2) is 0 Å². The van der Waals surface area contributed by atoms with Gasteiger partial charge in [-0.15, -0.1) is 0 Å². The van der Waals surface area contributed by atoms with E-state index in [9.17, 15) is 14.4 Å². The van der Waals surface area contributed by atoms with Crippen LogP contribution in [0.4, 0.5) is 5.69 Å². The maximum Gasteiger partial charge on any atom is 0.257 e. The van der Waals surface area contributed by atoms with Crippen LogP contribution in [0.5, 0.6) is 5.75 Å². The lowest BCUT2D eigenvalue weighted by molar-refractivity contribution is -0.139. The third kappa shape index (κ3) is 7.15. The summed E-state index contributed by atoms with van der Waals surface area (Å²) in [5, 5.41) is 2.70. The van der Waals surface area contributed by atoms with E-state index in [1.807, 2.05) is 13.8 Å². The summed E-state index contributed by atoms with van der Waals surface area (Å²) in [7, 11) is 6.19. The number of methoxy groups -OCH3 is 3. The summed E-state index contributed by atoms with van der Waals surface area (Å²) >= 11 is 0. The Kier molecular flexibility index (Phi) is 10.1. The highest BCUT2D eigenvalue weighted by Crippen LogP contribution is 2.26. The fourth-order valence-electron chi connectivity index (χ4n) is 3.74. The molecule has 1 aromatic rings. The fourth-order valence-corrected chi connectivity index (χ4v) is 3.74. The second-order valence-corrected chi connectivity index (χ2v) is 8.27. The molecule has 1 aromatic carbocycles. The van der Waals surface area contributed by atoms with E-state index in [-0.39, 0.29) is 55.6 Å². The van der Waals surface area contributed by atoms with Crippen LogP contribution in [0.25, 0.3) is 0 Å². The number of anilines is 1. The molecule has 33 heavy (non-hydrogen) atoms. The molecule has 1 heterocycles. The molecule has 0 aliphatic carbocycles. The second kappa shape index (κ2) is 12.5. The number of carbonyl (C=O) groups excluding carboxylic acids is 3. The van der Waals surface area contributed by atoms with Gasteiger partial charge in [-0.05, 0) is 25.1 Å². The number of carbonyl (C=O) groups is 3. The SMILES string of the molecule is COCC(=O)Nc1ccc2c(c1)C(=O)N(C)C[C@H](OC)[C@H](C)CN(C(=O)COC)[C@H](C)CO2. The van der Waals surface area contributed by atoms with Crippen LogP contribution in [0.3, 0.4) is 0 Å². The average molecular weight is 466 g/mol. The van der Waals surface area contributed by atoms with E-state index in [1.165, 1.54) is 14.2 Å². The average Bonchev–Trinajstić information content (AvgIpc) is 2.78. The molecule has 1 aliphatic heterocycles. The zero-order chi connectivity index (χ0) is 24.5. The number of ether oxygens (including phenoxy) is 4. The van der Waals surface area contributed by atoms with Gasteiger partial charge in [0, 0.05) is 53.1 Å². The maximum absolute atomic E-state index is 13.3. The molecule has 2 rings (SSSR count). The normalized spacial score (nSPS) is 22.0. The predicted molar refractivity (Wildman–Crippen MR) is 122 cm³/mol. The van der Waals surface area contributed by atoms with Crippen molar-refractivity contribution in [3.8, 4) is 5.75 Å². The molecule has 184 valence electrons. The van der Waals surface area contributed by atoms with E-state index in [2.05, 4.69) is 5.32 Å². The summed E-state index contributed by atoms with van der Waals surface area (Å²) in [6, 6.07) is 4.61. The minimum atomic E-state index is -0.332. The number of likely N-dealkylation sites (N-methyl/N-ethyl adjacent to an activating group) is 1. The van der Waals surface area contributed by atoms with Gasteiger partial charge < -0.3 is 34.1 Å². The van der Waals surface area contributed by atoms with Crippen molar-refractivity contribution in [2.24, 2.45) is 5.92 Å². The van der Waals surface area contributed by atoms with Gasteiger partial charge in [0.25, 0.3) is 5.91 Å². The van der Waals surface area contributed by atoms with Crippen molar-refractivity contribution in [3.63, 3.8) is 0 Å². The van der Waals surface area contributed by atoms with Crippen LogP contribution in [0.15, 0.2) is 18.2 Å². The minimum Gasteiger partial charge on any atom is -0.491 e. The maximum atomic E-state index is 13.3. The highest BCUT2D eigenvalue weighted by Gasteiger charge is 2.30. The quantitative estimate of drug-likeness (QED) is 0.674. The monoisotopic (exact) mass is 465 g/mol. The topological polar surface area (TPSA) is 107 Å². The zero-order valence-electron chi connectivity index (χ0n) is 20.3. The number of hydrogen-bond acceptors (Lipinski definition) is 7. The molecule has 0 bridgehead atoms. The summed E-state index contributed by atoms with van der Waals surface area (Å²) in [6.07, 6.45) is -0.294. The lowest BCUT2D eigenvalue weighted by Crippen LogP contribution is -2.49. The number of nitrogens with one attached hydrogen (secondary N) is 1. The molecular formula is C23H35N3O7. The Labute approximate surface area is 195 Å². The molecule has 0 saturated heterocycles. The summed E-state index contributed by atoms with van der Waals surface area (Å²) in [6.45, 7) is 4.67. The van der Waals surface area contributed by atoms with Crippen molar-refractivity contribution in [2.75, 3.05) is 66.6 Å². The van der Waals surface area contributed by atoms with Gasteiger partial charge in [0.05, 0.1) is 17.7 Å². The van der Waals surface area contributed by atoms with E-state index in [4.69, 9.17) is 18.9 Å². The van der Waals surface area contributed by atoms with Crippen molar-refractivity contribution in [1.82, 2.24) is 9.80 Å². The molecule has 0 aromatic heterocycles. The van der Waals surface area contributed by atoms with Crippen molar-refractivity contribution in [3.05, 3.63) is 23.8 Å². The van der Waals surface area contributed by atoms with E-state index < -0.39 is 0 Å². The molecule has 1 aliphatic rings. The summed E-state index contributed by atoms with van der Waals surface area (Å²) in [5.41, 5.74) is 0.757. The van der Waals surface area contributed by atoms with E-state index >= 15 is 0 Å². The Morgan fingerprint density at radius 3 is 2.45 bits per heavy atom. The second-order valence-electron chi connectivity index (χ2n) is 8.27. The third-order valence-corrected chi connectivity index (χ3v) is 5.59. The van der Waals surface area contributed by atoms with Gasteiger partial charge in [-0.25, -0.2) is 0 Å². The lowest BCUT2D eigenvalue weighted by atomic mass is 10.0. The molecule has 3 atom stereocenters.